The number of hydrogen-bond donors (Lipinski definition) is 1. The van der Waals surface area contributed by atoms with Crippen molar-refractivity contribution < 1.29 is 33.6 Å². The van der Waals surface area contributed by atoms with Gasteiger partial charge in [0, 0.05) is 37.4 Å². The molecule has 1 unspecified atom stereocenters. The molecule has 2 saturated heterocycles. The SMILES string of the molecule is CC(=O)O[C@@H]([C@H]1C[C@@H](C)[C@H]2[C@H](O1)C(=O)[C@@]1(C)[C@@H]3CC[C@H]4C(C)(C)[C@@H](O[C@H]5CN(C6CCC6)CCO5)CC[C@@]45CC35CC[C@]21C)C(C)(C)O. The lowest BCUT2D eigenvalue weighted by Crippen LogP contribution is -2.60. The second-order valence-electron chi connectivity index (χ2n) is 19.5. The minimum Gasteiger partial charge on any atom is -0.457 e. The first-order valence-electron chi connectivity index (χ1n) is 19.6. The number of carbonyl (C=O) groups excluding carboxylic acids is 2. The van der Waals surface area contributed by atoms with Crippen molar-refractivity contribution >= 4 is 11.8 Å². The molecule has 0 bridgehead atoms. The third kappa shape index (κ3) is 4.49. The lowest BCUT2D eigenvalue weighted by Gasteiger charge is -2.62. The predicted octanol–water partition coefficient (Wildman–Crippen LogP) is 6.31. The fourth-order valence-electron chi connectivity index (χ4n) is 14.3. The number of carbonyl (C=O) groups is 2. The Kier molecular flexibility index (Phi) is 7.79. The van der Waals surface area contributed by atoms with Crippen molar-refractivity contribution in [3.05, 3.63) is 0 Å². The topological polar surface area (TPSA) is 94.5 Å². The highest BCUT2D eigenvalue weighted by Crippen LogP contribution is 2.89. The van der Waals surface area contributed by atoms with Gasteiger partial charge >= 0.3 is 5.97 Å². The van der Waals surface area contributed by atoms with E-state index in [9.17, 15) is 9.90 Å². The minimum atomic E-state index is -1.28. The highest BCUT2D eigenvalue weighted by molar-refractivity contribution is 5.93. The summed E-state index contributed by atoms with van der Waals surface area (Å²) >= 11 is 0. The second-order valence-corrected chi connectivity index (χ2v) is 19.5. The number of ketones is 1. The summed E-state index contributed by atoms with van der Waals surface area (Å²) in [7, 11) is 0. The maximum atomic E-state index is 15.0. The summed E-state index contributed by atoms with van der Waals surface area (Å²) in [5.74, 6) is 1.14. The molecule has 0 aromatic rings. The summed E-state index contributed by atoms with van der Waals surface area (Å²) in [6.07, 6.45) is 10.9. The Hall–Kier alpha value is -1.06. The Balaban J connectivity index is 1.03. The highest BCUT2D eigenvalue weighted by atomic mass is 16.7. The summed E-state index contributed by atoms with van der Waals surface area (Å²) in [6, 6.07) is 0.723. The van der Waals surface area contributed by atoms with Crippen molar-refractivity contribution in [3.63, 3.8) is 0 Å². The van der Waals surface area contributed by atoms with Crippen LogP contribution in [0.5, 0.6) is 0 Å². The number of nitrogens with zero attached hydrogens (tertiary/aromatic N) is 1. The van der Waals surface area contributed by atoms with E-state index in [1.165, 1.54) is 45.4 Å². The van der Waals surface area contributed by atoms with Gasteiger partial charge in [0.15, 0.2) is 18.2 Å². The summed E-state index contributed by atoms with van der Waals surface area (Å²) in [4.78, 5) is 29.7. The third-order valence-electron chi connectivity index (χ3n) is 16.8. The van der Waals surface area contributed by atoms with Gasteiger partial charge in [-0.3, -0.25) is 14.5 Å². The van der Waals surface area contributed by atoms with Crippen LogP contribution in [-0.4, -0.2) is 83.8 Å². The molecule has 8 rings (SSSR count). The Morgan fingerprint density at radius 1 is 1.02 bits per heavy atom. The van der Waals surface area contributed by atoms with Gasteiger partial charge in [0.1, 0.15) is 6.10 Å². The van der Waals surface area contributed by atoms with Crippen molar-refractivity contribution in [1.29, 1.82) is 0 Å². The first kappa shape index (κ1) is 34.0. The van der Waals surface area contributed by atoms with Gasteiger partial charge in [0.2, 0.25) is 0 Å². The number of fused-ring (bicyclic) bond motifs is 4. The van der Waals surface area contributed by atoms with Crippen LogP contribution in [0.1, 0.15) is 126 Å². The monoisotopic (exact) mass is 669 g/mol. The van der Waals surface area contributed by atoms with Crippen LogP contribution in [0.2, 0.25) is 0 Å². The van der Waals surface area contributed by atoms with Gasteiger partial charge in [-0.25, -0.2) is 0 Å². The van der Waals surface area contributed by atoms with E-state index in [-0.39, 0.29) is 46.3 Å². The average molecular weight is 670 g/mol. The van der Waals surface area contributed by atoms with Crippen LogP contribution in [0.3, 0.4) is 0 Å². The number of rotatable bonds is 6. The molecule has 8 fully saturated rings. The molecule has 0 aromatic carbocycles. The molecule has 8 heteroatoms. The van der Waals surface area contributed by atoms with Gasteiger partial charge in [-0.15, -0.1) is 0 Å². The quantitative estimate of drug-likeness (QED) is 0.329. The van der Waals surface area contributed by atoms with E-state index in [0.29, 0.717) is 23.7 Å². The Labute approximate surface area is 288 Å². The lowest BCUT2D eigenvalue weighted by molar-refractivity contribution is -0.251. The Morgan fingerprint density at radius 3 is 2.40 bits per heavy atom. The number of ether oxygens (including phenoxy) is 4. The first-order valence-corrected chi connectivity index (χ1v) is 19.6. The van der Waals surface area contributed by atoms with Gasteiger partial charge in [0.25, 0.3) is 0 Å². The molecule has 2 aliphatic heterocycles. The molecule has 48 heavy (non-hydrogen) atoms. The number of morpholine rings is 1. The smallest absolute Gasteiger partial charge is 0.303 e. The van der Waals surface area contributed by atoms with Gasteiger partial charge in [0.05, 0.1) is 24.4 Å². The number of esters is 1. The summed E-state index contributed by atoms with van der Waals surface area (Å²) in [5.41, 5.74) is -1.31. The molecular weight excluding hydrogens is 606 g/mol. The van der Waals surface area contributed by atoms with Gasteiger partial charge < -0.3 is 24.1 Å². The standard InChI is InChI=1S/C40H63NO7/c1-23-20-26(34(36(5,6)44)46-24(2)42)47-32-31(23)37(7)16-17-40-22-39(40)15-14-29(48-30-21-41(18-19-45-30)25-10-9-11-25)35(3,4)27(39)12-13-28(40)38(37,8)33(32)43/h23,25-32,34,44H,9-22H2,1-8H3/t23-,26-,27+,28+,29+,30+,31+,32+,34+,37-,38-,39-,40?/m1/s1. The zero-order chi connectivity index (χ0) is 34.2. The molecule has 2 heterocycles. The van der Waals surface area contributed by atoms with Crippen molar-refractivity contribution in [2.75, 3.05) is 19.7 Å². The predicted molar refractivity (Wildman–Crippen MR) is 181 cm³/mol. The number of Topliss-reactive ketones (excluding diaryl/α,β-unsaturated/α-hetero) is 1. The Bertz CT molecular complexity index is 1320. The molecule has 0 amide bonds. The first-order chi connectivity index (χ1) is 22.5. The highest BCUT2D eigenvalue weighted by Gasteiger charge is 2.85. The second kappa shape index (κ2) is 11.0. The van der Waals surface area contributed by atoms with Crippen LogP contribution < -0.4 is 0 Å². The molecule has 2 spiro atoms. The van der Waals surface area contributed by atoms with E-state index in [1.807, 2.05) is 0 Å². The fourth-order valence-corrected chi connectivity index (χ4v) is 14.3. The van der Waals surface area contributed by atoms with Crippen molar-refractivity contribution in [3.8, 4) is 0 Å². The molecule has 8 aliphatic rings. The maximum absolute atomic E-state index is 15.0. The molecule has 13 atom stereocenters. The van der Waals surface area contributed by atoms with E-state index < -0.39 is 35.3 Å². The molecule has 6 saturated carbocycles. The molecule has 8 nitrogen and oxygen atoms in total. The summed E-state index contributed by atoms with van der Waals surface area (Å²) in [6.45, 7) is 19.4. The summed E-state index contributed by atoms with van der Waals surface area (Å²) in [5, 5.41) is 11.0. The van der Waals surface area contributed by atoms with Crippen LogP contribution >= 0.6 is 0 Å². The molecule has 1 N–H and O–H groups in total. The zero-order valence-corrected chi connectivity index (χ0v) is 31.0. The fraction of sp³-hybridized carbons (Fsp3) is 0.950. The van der Waals surface area contributed by atoms with Crippen molar-refractivity contribution in [2.45, 2.75) is 168 Å². The zero-order valence-electron chi connectivity index (χ0n) is 31.0. The number of aliphatic hydroxyl groups is 1. The van der Waals surface area contributed by atoms with Crippen LogP contribution in [0.4, 0.5) is 0 Å². The lowest BCUT2D eigenvalue weighted by atomic mass is 9.41. The van der Waals surface area contributed by atoms with Crippen LogP contribution in [0.15, 0.2) is 0 Å². The third-order valence-corrected chi connectivity index (χ3v) is 16.8. The van der Waals surface area contributed by atoms with E-state index in [1.54, 1.807) is 13.8 Å². The molecule has 6 aliphatic carbocycles. The van der Waals surface area contributed by atoms with Crippen LogP contribution in [0.25, 0.3) is 0 Å². The van der Waals surface area contributed by atoms with E-state index in [0.717, 1.165) is 51.4 Å². The van der Waals surface area contributed by atoms with Crippen LogP contribution in [0, 0.1) is 50.7 Å². The Morgan fingerprint density at radius 2 is 1.73 bits per heavy atom. The largest absolute Gasteiger partial charge is 0.457 e. The van der Waals surface area contributed by atoms with Gasteiger partial charge in [-0.2, -0.15) is 0 Å². The summed E-state index contributed by atoms with van der Waals surface area (Å²) < 4.78 is 25.6. The van der Waals surface area contributed by atoms with Crippen molar-refractivity contribution in [2.24, 2.45) is 50.7 Å². The molecular formula is C40H63NO7. The minimum absolute atomic E-state index is 0.0534. The van der Waals surface area contributed by atoms with E-state index in [4.69, 9.17) is 18.9 Å². The average Bonchev–Trinajstić information content (AvgIpc) is 3.61. The van der Waals surface area contributed by atoms with Gasteiger partial charge in [-0.1, -0.05) is 41.0 Å². The number of hydrogen-bond acceptors (Lipinski definition) is 8. The van der Waals surface area contributed by atoms with Crippen LogP contribution in [-0.2, 0) is 28.5 Å². The maximum Gasteiger partial charge on any atom is 0.303 e. The molecule has 0 aromatic heterocycles. The van der Waals surface area contributed by atoms with Gasteiger partial charge in [-0.05, 0) is 117 Å². The molecule has 0 radical (unpaired) electrons. The normalized spacial score (nSPS) is 50.6. The van der Waals surface area contributed by atoms with E-state index >= 15 is 4.79 Å². The molecule has 270 valence electrons. The van der Waals surface area contributed by atoms with E-state index in [2.05, 4.69) is 39.5 Å². The van der Waals surface area contributed by atoms with Crippen molar-refractivity contribution in [1.82, 2.24) is 4.90 Å².